The lowest BCUT2D eigenvalue weighted by Crippen LogP contribution is -2.35. The van der Waals surface area contributed by atoms with Crippen molar-refractivity contribution < 1.29 is 0 Å². The molecule has 1 aromatic carbocycles. The molecule has 3 rings (SSSR count). The average Bonchev–Trinajstić information content (AvgIpc) is 3.01. The normalized spacial score (nSPS) is 20.1. The largest absolute Gasteiger partial charge is 0.361 e. The van der Waals surface area contributed by atoms with E-state index in [4.69, 9.17) is 0 Å². The van der Waals surface area contributed by atoms with Crippen LogP contribution in [0.25, 0.3) is 10.9 Å². The van der Waals surface area contributed by atoms with Crippen molar-refractivity contribution in [2.24, 2.45) is 0 Å². The highest BCUT2D eigenvalue weighted by atomic mass is 15.2. The molecule has 1 saturated heterocycles. The summed E-state index contributed by atoms with van der Waals surface area (Å²) >= 11 is 0. The van der Waals surface area contributed by atoms with E-state index < -0.39 is 0 Å². The summed E-state index contributed by atoms with van der Waals surface area (Å²) in [6.45, 7) is 8.93. The third kappa shape index (κ3) is 4.12. The van der Waals surface area contributed by atoms with Crippen molar-refractivity contribution in [3.63, 3.8) is 0 Å². The highest BCUT2D eigenvalue weighted by Crippen LogP contribution is 2.29. The van der Waals surface area contributed by atoms with E-state index in [1.54, 1.807) is 0 Å². The van der Waals surface area contributed by atoms with Crippen molar-refractivity contribution in [1.82, 2.24) is 9.88 Å². The summed E-state index contributed by atoms with van der Waals surface area (Å²) < 4.78 is 0. The third-order valence-electron chi connectivity index (χ3n) is 5.73. The first-order valence-electron chi connectivity index (χ1n) is 10.4. The molecule has 1 unspecified atom stereocenters. The molecular formula is C24H34N2. The van der Waals surface area contributed by atoms with Gasteiger partial charge in [-0.1, -0.05) is 51.0 Å². The molecule has 2 aromatic rings. The molecule has 0 aliphatic carbocycles. The van der Waals surface area contributed by atoms with Gasteiger partial charge in [-0.25, -0.2) is 0 Å². The van der Waals surface area contributed by atoms with E-state index in [0.717, 1.165) is 19.4 Å². The number of likely N-dealkylation sites (tertiary alicyclic amines) is 1. The Morgan fingerprint density at radius 3 is 2.85 bits per heavy atom. The minimum absolute atomic E-state index is 0.549. The number of allylic oxidation sites excluding steroid dienone is 2. The molecule has 1 aromatic heterocycles. The van der Waals surface area contributed by atoms with Gasteiger partial charge in [0, 0.05) is 29.7 Å². The van der Waals surface area contributed by atoms with Gasteiger partial charge in [-0.05, 0) is 68.0 Å². The minimum Gasteiger partial charge on any atom is -0.361 e. The van der Waals surface area contributed by atoms with Crippen molar-refractivity contribution in [1.29, 1.82) is 0 Å². The molecule has 1 aliphatic rings. The van der Waals surface area contributed by atoms with Crippen LogP contribution in [-0.4, -0.2) is 22.5 Å². The van der Waals surface area contributed by atoms with Gasteiger partial charge in [-0.15, -0.1) is 0 Å². The van der Waals surface area contributed by atoms with E-state index in [9.17, 15) is 0 Å². The Labute approximate surface area is 159 Å². The summed E-state index contributed by atoms with van der Waals surface area (Å²) in [5.74, 6) is 0. The number of aromatic amines is 1. The fourth-order valence-electron chi connectivity index (χ4n) is 4.44. The smallest absolute Gasteiger partial charge is 0.0457 e. The number of hydrogen-bond acceptors (Lipinski definition) is 1. The topological polar surface area (TPSA) is 19.0 Å². The van der Waals surface area contributed by atoms with Gasteiger partial charge in [-0.2, -0.15) is 0 Å². The van der Waals surface area contributed by atoms with Crippen molar-refractivity contribution in [3.8, 4) is 0 Å². The molecule has 1 aliphatic heterocycles. The molecule has 1 atom stereocenters. The summed E-state index contributed by atoms with van der Waals surface area (Å²) in [5.41, 5.74) is 5.79. The number of aryl methyl sites for hydroxylation is 1. The second-order valence-electron chi connectivity index (χ2n) is 7.44. The van der Waals surface area contributed by atoms with Crippen molar-refractivity contribution in [2.75, 3.05) is 6.54 Å². The van der Waals surface area contributed by atoms with Gasteiger partial charge in [0.1, 0.15) is 0 Å². The maximum absolute atomic E-state index is 3.39. The number of H-pyrrole nitrogens is 1. The lowest BCUT2D eigenvalue weighted by Gasteiger charge is -2.32. The summed E-state index contributed by atoms with van der Waals surface area (Å²) in [6, 6.07) is 7.36. The van der Waals surface area contributed by atoms with Gasteiger partial charge in [-0.3, -0.25) is 4.90 Å². The number of hydrogen-bond donors (Lipinski definition) is 1. The molecule has 0 bridgehead atoms. The van der Waals surface area contributed by atoms with Gasteiger partial charge in [0.05, 0.1) is 0 Å². The van der Waals surface area contributed by atoms with Gasteiger partial charge in [0.2, 0.25) is 0 Å². The van der Waals surface area contributed by atoms with Crippen LogP contribution in [0.4, 0.5) is 0 Å². The van der Waals surface area contributed by atoms with E-state index in [-0.39, 0.29) is 0 Å². The average molecular weight is 351 g/mol. The molecule has 140 valence electrons. The molecule has 2 heterocycles. The highest BCUT2D eigenvalue weighted by molar-refractivity contribution is 5.84. The molecule has 2 heteroatoms. The van der Waals surface area contributed by atoms with E-state index in [0.29, 0.717) is 6.04 Å². The van der Waals surface area contributed by atoms with Gasteiger partial charge in [0.25, 0.3) is 0 Å². The van der Waals surface area contributed by atoms with Crippen LogP contribution in [0.15, 0.2) is 48.2 Å². The number of nitrogens with one attached hydrogen (secondary N) is 1. The van der Waals surface area contributed by atoms with Crippen molar-refractivity contribution >= 4 is 10.9 Å². The van der Waals surface area contributed by atoms with E-state index in [2.05, 4.69) is 73.3 Å². The summed E-state index contributed by atoms with van der Waals surface area (Å²) in [4.78, 5) is 6.14. The highest BCUT2D eigenvalue weighted by Gasteiger charge is 2.24. The summed E-state index contributed by atoms with van der Waals surface area (Å²) in [6.07, 6.45) is 16.6. The molecule has 1 N–H and O–H groups in total. The van der Waals surface area contributed by atoms with Crippen molar-refractivity contribution in [3.05, 3.63) is 59.3 Å². The number of nitrogens with zero attached hydrogens (tertiary/aromatic N) is 1. The lowest BCUT2D eigenvalue weighted by molar-refractivity contribution is 0.219. The zero-order valence-corrected chi connectivity index (χ0v) is 16.7. The van der Waals surface area contributed by atoms with E-state index in [1.165, 1.54) is 59.8 Å². The SMILES string of the molecule is C/C=C\C(=C/CC)C1CCCCCN1Cc1c(CC)ccc2[nH]ccc12. The summed E-state index contributed by atoms with van der Waals surface area (Å²) in [5, 5.41) is 1.40. The Bertz CT molecular complexity index is 766. The van der Waals surface area contributed by atoms with Crippen LogP contribution >= 0.6 is 0 Å². The second-order valence-corrected chi connectivity index (χ2v) is 7.44. The van der Waals surface area contributed by atoms with Crippen LogP contribution in [0.5, 0.6) is 0 Å². The van der Waals surface area contributed by atoms with E-state index in [1.807, 2.05) is 0 Å². The lowest BCUT2D eigenvalue weighted by atomic mass is 9.96. The maximum Gasteiger partial charge on any atom is 0.0457 e. The van der Waals surface area contributed by atoms with Crippen LogP contribution in [0.3, 0.4) is 0 Å². The molecule has 1 fully saturated rings. The fourth-order valence-corrected chi connectivity index (χ4v) is 4.44. The zero-order valence-electron chi connectivity index (χ0n) is 16.7. The Hall–Kier alpha value is -1.80. The predicted molar refractivity (Wildman–Crippen MR) is 114 cm³/mol. The zero-order chi connectivity index (χ0) is 18.4. The van der Waals surface area contributed by atoms with Gasteiger partial charge in [0.15, 0.2) is 0 Å². The molecule has 2 nitrogen and oxygen atoms in total. The third-order valence-corrected chi connectivity index (χ3v) is 5.73. The van der Waals surface area contributed by atoms with E-state index >= 15 is 0 Å². The Kier molecular flexibility index (Phi) is 6.73. The fraction of sp³-hybridized carbons (Fsp3) is 0.500. The van der Waals surface area contributed by atoms with Crippen molar-refractivity contribution in [2.45, 2.75) is 71.9 Å². The van der Waals surface area contributed by atoms with Crippen LogP contribution in [-0.2, 0) is 13.0 Å². The first-order valence-corrected chi connectivity index (χ1v) is 10.4. The van der Waals surface area contributed by atoms with Crippen LogP contribution in [0, 0.1) is 0 Å². The van der Waals surface area contributed by atoms with Gasteiger partial charge < -0.3 is 4.98 Å². The minimum atomic E-state index is 0.549. The standard InChI is InChI=1S/C24H34N2/c1-4-10-20(11-5-2)24-12-8-7-9-17-26(24)18-22-19(6-3)13-14-23-21(22)15-16-25-23/h4,10-11,13-16,24-25H,5-9,12,17-18H2,1-3H3/b10-4-,20-11+. The quantitative estimate of drug-likeness (QED) is 0.598. The Balaban J connectivity index is 1.97. The Morgan fingerprint density at radius 2 is 2.08 bits per heavy atom. The molecule has 0 radical (unpaired) electrons. The maximum atomic E-state index is 3.39. The molecular weight excluding hydrogens is 316 g/mol. The number of benzene rings is 1. The predicted octanol–water partition coefficient (Wildman–Crippen LogP) is 6.39. The van der Waals surface area contributed by atoms with Crippen LogP contribution < -0.4 is 0 Å². The second kappa shape index (κ2) is 9.23. The Morgan fingerprint density at radius 1 is 1.19 bits per heavy atom. The summed E-state index contributed by atoms with van der Waals surface area (Å²) in [7, 11) is 0. The molecule has 0 amide bonds. The van der Waals surface area contributed by atoms with Gasteiger partial charge >= 0.3 is 0 Å². The molecule has 0 spiro atoms. The molecule has 0 saturated carbocycles. The monoisotopic (exact) mass is 350 g/mol. The number of fused-ring (bicyclic) bond motifs is 1. The number of aromatic nitrogens is 1. The molecule has 26 heavy (non-hydrogen) atoms. The number of rotatable bonds is 6. The first-order chi connectivity index (χ1) is 12.8. The van der Waals surface area contributed by atoms with Crippen LogP contribution in [0.2, 0.25) is 0 Å². The van der Waals surface area contributed by atoms with Crippen LogP contribution in [0.1, 0.15) is 64.0 Å². The first kappa shape index (κ1) is 19.0.